The maximum absolute atomic E-state index is 5.86. The highest BCUT2D eigenvalue weighted by Gasteiger charge is 2.28. The van der Waals surface area contributed by atoms with Gasteiger partial charge in [0, 0.05) is 24.8 Å². The molecule has 4 heteroatoms. The average Bonchev–Trinajstić information content (AvgIpc) is 2.30. The predicted molar refractivity (Wildman–Crippen MR) is 70.6 cm³/mol. The monoisotopic (exact) mass is 283 g/mol. The lowest BCUT2D eigenvalue weighted by atomic mass is 9.96. The van der Waals surface area contributed by atoms with Gasteiger partial charge in [-0.2, -0.15) is 0 Å². The van der Waals surface area contributed by atoms with Crippen LogP contribution in [0.2, 0.25) is 0 Å². The number of pyridine rings is 1. The normalized spacial score (nSPS) is 25.8. The van der Waals surface area contributed by atoms with Crippen LogP contribution in [0.5, 0.6) is 0 Å². The number of hydrogen-bond donors (Lipinski definition) is 1. The van der Waals surface area contributed by atoms with Crippen molar-refractivity contribution in [1.29, 1.82) is 0 Å². The Morgan fingerprint density at radius 2 is 2.38 bits per heavy atom. The van der Waals surface area contributed by atoms with Gasteiger partial charge in [0.1, 0.15) is 5.82 Å². The van der Waals surface area contributed by atoms with Crippen molar-refractivity contribution in [3.8, 4) is 0 Å². The van der Waals surface area contributed by atoms with Gasteiger partial charge in [-0.25, -0.2) is 4.98 Å². The van der Waals surface area contributed by atoms with E-state index < -0.39 is 0 Å². The van der Waals surface area contributed by atoms with E-state index in [-0.39, 0.29) is 0 Å². The largest absolute Gasteiger partial charge is 0.349 e. The zero-order chi connectivity index (χ0) is 11.5. The average molecular weight is 284 g/mol. The van der Waals surface area contributed by atoms with Crippen LogP contribution in [0.3, 0.4) is 0 Å². The van der Waals surface area contributed by atoms with E-state index in [4.69, 9.17) is 5.73 Å². The van der Waals surface area contributed by atoms with Crippen molar-refractivity contribution in [3.63, 3.8) is 0 Å². The molecule has 0 aromatic carbocycles. The Morgan fingerprint density at radius 3 is 3.06 bits per heavy atom. The van der Waals surface area contributed by atoms with E-state index in [2.05, 4.69) is 32.7 Å². The van der Waals surface area contributed by atoms with Crippen LogP contribution in [-0.2, 0) is 0 Å². The molecular formula is C12H18BrN3. The van der Waals surface area contributed by atoms with Crippen LogP contribution >= 0.6 is 15.9 Å². The minimum Gasteiger partial charge on any atom is -0.349 e. The molecule has 0 radical (unpaired) electrons. The van der Waals surface area contributed by atoms with Crippen molar-refractivity contribution < 1.29 is 0 Å². The second kappa shape index (κ2) is 5.15. The fraction of sp³-hybridized carbons (Fsp3) is 0.583. The summed E-state index contributed by atoms with van der Waals surface area (Å²) in [6.45, 7) is 2.95. The molecule has 2 heterocycles. The van der Waals surface area contributed by atoms with E-state index in [1.807, 2.05) is 18.3 Å². The summed E-state index contributed by atoms with van der Waals surface area (Å²) in [6.07, 6.45) is 5.50. The quantitative estimate of drug-likeness (QED) is 0.907. The lowest BCUT2D eigenvalue weighted by Gasteiger charge is -2.41. The van der Waals surface area contributed by atoms with Crippen LogP contribution in [-0.4, -0.2) is 23.6 Å². The highest BCUT2D eigenvalue weighted by Crippen LogP contribution is 2.32. The van der Waals surface area contributed by atoms with E-state index in [1.54, 1.807) is 0 Å². The summed E-state index contributed by atoms with van der Waals surface area (Å²) in [5, 5.41) is 0. The number of halogens is 1. The molecule has 1 aliphatic heterocycles. The van der Waals surface area contributed by atoms with Gasteiger partial charge in [0.15, 0.2) is 0 Å². The van der Waals surface area contributed by atoms with Gasteiger partial charge in [-0.1, -0.05) is 0 Å². The first-order valence-electron chi connectivity index (χ1n) is 5.83. The summed E-state index contributed by atoms with van der Waals surface area (Å²) in [6, 6.07) is 4.93. The molecule has 2 atom stereocenters. The summed E-state index contributed by atoms with van der Waals surface area (Å²) < 4.78 is 1.06. The minimum atomic E-state index is 0.426. The molecule has 0 aliphatic carbocycles. The maximum Gasteiger partial charge on any atom is 0.143 e. The van der Waals surface area contributed by atoms with E-state index in [0.717, 1.165) is 10.3 Å². The third-order valence-electron chi connectivity index (χ3n) is 3.28. The molecule has 0 saturated carbocycles. The zero-order valence-electron chi connectivity index (χ0n) is 9.56. The van der Waals surface area contributed by atoms with Crippen molar-refractivity contribution in [3.05, 3.63) is 22.8 Å². The Hall–Kier alpha value is -0.610. The lowest BCUT2D eigenvalue weighted by Crippen LogP contribution is -2.49. The SMILES string of the molecule is CC1CCCC(CN)N1c1ncccc1Br. The highest BCUT2D eigenvalue weighted by molar-refractivity contribution is 9.10. The Bertz CT molecular complexity index is 356. The van der Waals surface area contributed by atoms with Crippen molar-refractivity contribution in [1.82, 2.24) is 4.98 Å². The standard InChI is InChI=1S/C12H18BrN3/c1-9-4-2-5-10(8-14)16(9)12-11(13)6-3-7-15-12/h3,6-7,9-10H,2,4-5,8,14H2,1H3. The van der Waals surface area contributed by atoms with Gasteiger partial charge < -0.3 is 10.6 Å². The summed E-state index contributed by atoms with van der Waals surface area (Å²) in [7, 11) is 0. The number of hydrogen-bond acceptors (Lipinski definition) is 3. The van der Waals surface area contributed by atoms with E-state index in [9.17, 15) is 0 Å². The van der Waals surface area contributed by atoms with Crippen LogP contribution in [0.4, 0.5) is 5.82 Å². The molecule has 2 unspecified atom stereocenters. The van der Waals surface area contributed by atoms with Gasteiger partial charge in [-0.3, -0.25) is 0 Å². The Labute approximate surface area is 105 Å². The first-order valence-corrected chi connectivity index (χ1v) is 6.62. The highest BCUT2D eigenvalue weighted by atomic mass is 79.9. The minimum absolute atomic E-state index is 0.426. The fourth-order valence-corrected chi connectivity index (χ4v) is 2.93. The molecule has 2 rings (SSSR count). The summed E-state index contributed by atoms with van der Waals surface area (Å²) >= 11 is 3.57. The molecule has 1 aromatic rings. The van der Waals surface area contributed by atoms with Gasteiger partial charge in [0.25, 0.3) is 0 Å². The Balaban J connectivity index is 2.32. The van der Waals surface area contributed by atoms with Crippen LogP contribution in [0.15, 0.2) is 22.8 Å². The molecule has 1 aliphatic rings. The molecule has 0 amide bonds. The number of aromatic nitrogens is 1. The molecule has 1 saturated heterocycles. The van der Waals surface area contributed by atoms with E-state index >= 15 is 0 Å². The molecule has 2 N–H and O–H groups in total. The fourth-order valence-electron chi connectivity index (χ4n) is 2.47. The van der Waals surface area contributed by atoms with Gasteiger partial charge in [-0.05, 0) is 54.2 Å². The molecular weight excluding hydrogens is 266 g/mol. The number of nitrogens with two attached hydrogens (primary N) is 1. The van der Waals surface area contributed by atoms with Crippen molar-refractivity contribution in [2.24, 2.45) is 5.73 Å². The summed E-state index contributed by atoms with van der Waals surface area (Å²) in [4.78, 5) is 6.84. The first kappa shape index (κ1) is 11.9. The third-order valence-corrected chi connectivity index (χ3v) is 3.90. The zero-order valence-corrected chi connectivity index (χ0v) is 11.2. The smallest absolute Gasteiger partial charge is 0.143 e. The van der Waals surface area contributed by atoms with Gasteiger partial charge in [0.2, 0.25) is 0 Å². The van der Waals surface area contributed by atoms with Crippen LogP contribution in [0, 0.1) is 0 Å². The number of nitrogens with zero attached hydrogens (tertiary/aromatic N) is 2. The number of anilines is 1. The van der Waals surface area contributed by atoms with Crippen molar-refractivity contribution in [2.75, 3.05) is 11.4 Å². The van der Waals surface area contributed by atoms with Crippen LogP contribution in [0.25, 0.3) is 0 Å². The Kier molecular flexibility index (Phi) is 3.82. The van der Waals surface area contributed by atoms with E-state index in [0.29, 0.717) is 18.6 Å². The third kappa shape index (κ3) is 2.23. The lowest BCUT2D eigenvalue weighted by molar-refractivity contribution is 0.397. The predicted octanol–water partition coefficient (Wildman–Crippen LogP) is 2.55. The topological polar surface area (TPSA) is 42.1 Å². The molecule has 1 aromatic heterocycles. The van der Waals surface area contributed by atoms with Gasteiger partial charge in [0.05, 0.1) is 4.47 Å². The molecule has 3 nitrogen and oxygen atoms in total. The van der Waals surface area contributed by atoms with Gasteiger partial charge >= 0.3 is 0 Å². The second-order valence-corrected chi connectivity index (χ2v) is 5.24. The molecule has 16 heavy (non-hydrogen) atoms. The van der Waals surface area contributed by atoms with Crippen molar-refractivity contribution >= 4 is 21.7 Å². The van der Waals surface area contributed by atoms with Crippen molar-refractivity contribution in [2.45, 2.75) is 38.3 Å². The molecule has 1 fully saturated rings. The Morgan fingerprint density at radius 1 is 1.56 bits per heavy atom. The molecule has 88 valence electrons. The number of piperidine rings is 1. The van der Waals surface area contributed by atoms with E-state index in [1.165, 1.54) is 19.3 Å². The first-order chi connectivity index (χ1) is 7.74. The summed E-state index contributed by atoms with van der Waals surface area (Å²) in [5.74, 6) is 1.03. The maximum atomic E-state index is 5.86. The van der Waals surface area contributed by atoms with Gasteiger partial charge in [-0.15, -0.1) is 0 Å². The molecule has 0 spiro atoms. The number of rotatable bonds is 2. The second-order valence-electron chi connectivity index (χ2n) is 4.39. The summed E-state index contributed by atoms with van der Waals surface area (Å²) in [5.41, 5.74) is 5.86. The van der Waals surface area contributed by atoms with Crippen LogP contribution < -0.4 is 10.6 Å². The van der Waals surface area contributed by atoms with Crippen LogP contribution in [0.1, 0.15) is 26.2 Å². The molecule has 0 bridgehead atoms.